The van der Waals surface area contributed by atoms with E-state index in [4.69, 9.17) is 18.9 Å². The van der Waals surface area contributed by atoms with Crippen LogP contribution in [0.5, 0.6) is 5.75 Å². The molecule has 26 heavy (non-hydrogen) atoms. The molecule has 0 radical (unpaired) electrons. The second-order valence-electron chi connectivity index (χ2n) is 6.69. The summed E-state index contributed by atoms with van der Waals surface area (Å²) in [6.07, 6.45) is -0.364. The molecule has 1 atom stereocenters. The molecule has 0 aliphatic carbocycles. The lowest BCUT2D eigenvalue weighted by atomic mass is 10.0. The van der Waals surface area contributed by atoms with Gasteiger partial charge in [-0.1, -0.05) is 12.1 Å². The first-order valence-electron chi connectivity index (χ1n) is 8.50. The molecule has 1 amide bonds. The fourth-order valence-electron chi connectivity index (χ4n) is 2.27. The quantitative estimate of drug-likeness (QED) is 0.519. The Morgan fingerprint density at radius 1 is 1.12 bits per heavy atom. The zero-order chi connectivity index (χ0) is 19.7. The van der Waals surface area contributed by atoms with E-state index in [0.717, 1.165) is 5.56 Å². The molecule has 1 aromatic rings. The van der Waals surface area contributed by atoms with Crippen LogP contribution < -0.4 is 4.74 Å². The summed E-state index contributed by atoms with van der Waals surface area (Å²) < 4.78 is 20.8. The zero-order valence-electron chi connectivity index (χ0n) is 16.4. The highest BCUT2D eigenvalue weighted by molar-refractivity contribution is 5.82. The second kappa shape index (κ2) is 10.0. The minimum absolute atomic E-state index is 0.0887. The molecule has 0 bridgehead atoms. The number of amides is 1. The van der Waals surface area contributed by atoms with Gasteiger partial charge >= 0.3 is 12.1 Å². The molecule has 146 valence electrons. The van der Waals surface area contributed by atoms with Crippen molar-refractivity contribution < 1.29 is 28.5 Å². The Balaban J connectivity index is 3.09. The maximum Gasteiger partial charge on any atom is 0.412 e. The summed E-state index contributed by atoms with van der Waals surface area (Å²) in [4.78, 5) is 26.3. The maximum absolute atomic E-state index is 12.6. The van der Waals surface area contributed by atoms with Gasteiger partial charge in [-0.3, -0.25) is 4.90 Å². The van der Waals surface area contributed by atoms with Crippen molar-refractivity contribution in [2.24, 2.45) is 0 Å². The van der Waals surface area contributed by atoms with Crippen LogP contribution in [0.25, 0.3) is 0 Å². The van der Waals surface area contributed by atoms with Gasteiger partial charge in [0, 0.05) is 13.5 Å². The first-order chi connectivity index (χ1) is 12.2. The Morgan fingerprint density at radius 2 is 1.73 bits per heavy atom. The molecule has 0 saturated carbocycles. The van der Waals surface area contributed by atoms with Crippen LogP contribution in [-0.2, 0) is 25.4 Å². The number of rotatable bonds is 8. The van der Waals surface area contributed by atoms with Gasteiger partial charge in [-0.2, -0.15) is 0 Å². The third kappa shape index (κ3) is 6.92. The molecule has 1 rings (SSSR count). The normalized spacial score (nSPS) is 12.2. The van der Waals surface area contributed by atoms with Gasteiger partial charge in [-0.15, -0.1) is 0 Å². The van der Waals surface area contributed by atoms with Crippen LogP contribution in [0.3, 0.4) is 0 Å². The van der Waals surface area contributed by atoms with Crippen LogP contribution in [0.2, 0.25) is 0 Å². The molecule has 7 nitrogen and oxygen atoms in total. The maximum atomic E-state index is 12.6. The third-order valence-electron chi connectivity index (χ3n) is 3.42. The van der Waals surface area contributed by atoms with E-state index >= 15 is 0 Å². The fourth-order valence-corrected chi connectivity index (χ4v) is 2.27. The van der Waals surface area contributed by atoms with E-state index in [1.54, 1.807) is 46.9 Å². The highest BCUT2D eigenvalue weighted by Crippen LogP contribution is 2.18. The van der Waals surface area contributed by atoms with E-state index in [9.17, 15) is 9.59 Å². The number of nitrogens with zero attached hydrogens (tertiary/aromatic N) is 1. The zero-order valence-corrected chi connectivity index (χ0v) is 16.4. The number of benzene rings is 1. The van der Waals surface area contributed by atoms with Crippen LogP contribution in [0.1, 0.15) is 33.3 Å². The average molecular weight is 367 g/mol. The average Bonchev–Trinajstić information content (AvgIpc) is 2.57. The molecule has 0 fully saturated rings. The number of hydrogen-bond acceptors (Lipinski definition) is 6. The Labute approximate surface area is 155 Å². The molecule has 0 aliphatic heterocycles. The largest absolute Gasteiger partial charge is 0.497 e. The van der Waals surface area contributed by atoms with Crippen molar-refractivity contribution >= 4 is 12.1 Å². The molecule has 0 saturated heterocycles. The van der Waals surface area contributed by atoms with Gasteiger partial charge in [0.1, 0.15) is 24.1 Å². The number of esters is 1. The Bertz CT molecular complexity index is 579. The van der Waals surface area contributed by atoms with E-state index in [1.165, 1.54) is 12.0 Å². The van der Waals surface area contributed by atoms with E-state index in [1.807, 2.05) is 12.1 Å². The number of carbonyl (C=O) groups is 2. The van der Waals surface area contributed by atoms with Crippen molar-refractivity contribution in [2.75, 3.05) is 27.6 Å². The van der Waals surface area contributed by atoms with Crippen LogP contribution in [0.15, 0.2) is 24.3 Å². The molecule has 0 N–H and O–H groups in total. The number of hydrogen-bond donors (Lipinski definition) is 0. The van der Waals surface area contributed by atoms with Gasteiger partial charge in [-0.25, -0.2) is 9.59 Å². The van der Waals surface area contributed by atoms with Crippen molar-refractivity contribution in [3.8, 4) is 5.75 Å². The third-order valence-corrected chi connectivity index (χ3v) is 3.42. The fraction of sp³-hybridized carbons (Fsp3) is 0.579. The van der Waals surface area contributed by atoms with Gasteiger partial charge in [0.05, 0.1) is 13.7 Å². The lowest BCUT2D eigenvalue weighted by Gasteiger charge is -2.31. The standard InChI is InChI=1S/C19H29NO6/c1-7-25-17(21)16(12-14-8-10-15(24-6)11-9-14)20(13-23-5)18(22)26-19(2,3)4/h8-11,16H,7,12-13H2,1-6H3/t16-/m0/s1. The first-order valence-corrected chi connectivity index (χ1v) is 8.50. The van der Waals surface area contributed by atoms with E-state index < -0.39 is 23.7 Å². The van der Waals surface area contributed by atoms with Gasteiger partial charge in [-0.05, 0) is 45.4 Å². The van der Waals surface area contributed by atoms with Crippen molar-refractivity contribution in [1.82, 2.24) is 4.90 Å². The van der Waals surface area contributed by atoms with Crippen LogP contribution in [0.4, 0.5) is 4.79 Å². The molecule has 0 heterocycles. The highest BCUT2D eigenvalue weighted by Gasteiger charge is 2.34. The number of ether oxygens (including phenoxy) is 4. The summed E-state index contributed by atoms with van der Waals surface area (Å²) in [5.41, 5.74) is 0.163. The monoisotopic (exact) mass is 367 g/mol. The SMILES string of the molecule is CCOC(=O)[C@H](Cc1ccc(OC)cc1)N(COC)C(=O)OC(C)(C)C. The smallest absolute Gasteiger partial charge is 0.412 e. The topological polar surface area (TPSA) is 74.3 Å². The molecule has 0 aromatic heterocycles. The van der Waals surface area contributed by atoms with Crippen molar-refractivity contribution in [1.29, 1.82) is 0 Å². The Hall–Kier alpha value is -2.28. The van der Waals surface area contributed by atoms with E-state index in [0.29, 0.717) is 5.75 Å². The van der Waals surface area contributed by atoms with Crippen molar-refractivity contribution in [3.05, 3.63) is 29.8 Å². The summed E-state index contributed by atoms with van der Waals surface area (Å²) in [6, 6.07) is 6.41. The molecule has 7 heteroatoms. The van der Waals surface area contributed by atoms with Crippen molar-refractivity contribution in [2.45, 2.75) is 45.8 Å². The first kappa shape index (κ1) is 21.8. The second-order valence-corrected chi connectivity index (χ2v) is 6.69. The molecular formula is C19H29NO6. The molecule has 1 aromatic carbocycles. The highest BCUT2D eigenvalue weighted by atomic mass is 16.6. The summed E-state index contributed by atoms with van der Waals surface area (Å²) in [7, 11) is 3.03. The predicted octanol–water partition coefficient (Wildman–Crippen LogP) is 3.01. The Kier molecular flexibility index (Phi) is 8.38. The van der Waals surface area contributed by atoms with Crippen molar-refractivity contribution in [3.63, 3.8) is 0 Å². The van der Waals surface area contributed by atoms with E-state index in [-0.39, 0.29) is 19.8 Å². The summed E-state index contributed by atoms with van der Waals surface area (Å²) in [5.74, 6) is 0.202. The molecule has 0 unspecified atom stereocenters. The van der Waals surface area contributed by atoms with Gasteiger partial charge in [0.25, 0.3) is 0 Å². The minimum atomic E-state index is -0.863. The van der Waals surface area contributed by atoms with Crippen LogP contribution in [0, 0.1) is 0 Å². The predicted molar refractivity (Wildman–Crippen MR) is 97.1 cm³/mol. The summed E-state index contributed by atoms with van der Waals surface area (Å²) in [5, 5.41) is 0. The number of carbonyl (C=O) groups excluding carboxylic acids is 2. The van der Waals surface area contributed by atoms with Gasteiger partial charge in [0.15, 0.2) is 0 Å². The number of methoxy groups -OCH3 is 2. The lowest BCUT2D eigenvalue weighted by molar-refractivity contribution is -0.151. The molecule has 0 spiro atoms. The minimum Gasteiger partial charge on any atom is -0.497 e. The van der Waals surface area contributed by atoms with Crippen LogP contribution >= 0.6 is 0 Å². The lowest BCUT2D eigenvalue weighted by Crippen LogP contribution is -2.49. The summed E-state index contributed by atoms with van der Waals surface area (Å²) >= 11 is 0. The van der Waals surface area contributed by atoms with Crippen LogP contribution in [-0.4, -0.2) is 56.2 Å². The van der Waals surface area contributed by atoms with Gasteiger partial charge in [0.2, 0.25) is 0 Å². The molecule has 0 aliphatic rings. The summed E-state index contributed by atoms with van der Waals surface area (Å²) in [6.45, 7) is 7.13. The van der Waals surface area contributed by atoms with E-state index in [2.05, 4.69) is 0 Å². The Morgan fingerprint density at radius 3 is 2.19 bits per heavy atom. The molecular weight excluding hydrogens is 338 g/mol. The van der Waals surface area contributed by atoms with Gasteiger partial charge < -0.3 is 18.9 Å².